The van der Waals surface area contributed by atoms with E-state index in [-0.39, 0.29) is 6.61 Å². The number of benzene rings is 3. The lowest BCUT2D eigenvalue weighted by atomic mass is 10.2. The molecule has 0 fully saturated rings. The van der Waals surface area contributed by atoms with Crippen LogP contribution in [-0.2, 0) is 30.3 Å². The van der Waals surface area contributed by atoms with E-state index in [9.17, 15) is 0 Å². The van der Waals surface area contributed by atoms with Crippen molar-refractivity contribution in [3.63, 3.8) is 0 Å². The Morgan fingerprint density at radius 3 is 1.39 bits per heavy atom. The molecule has 0 saturated carbocycles. The van der Waals surface area contributed by atoms with Crippen molar-refractivity contribution in [3.05, 3.63) is 151 Å². The van der Waals surface area contributed by atoms with E-state index < -0.39 is 5.79 Å². The normalized spacial score (nSPS) is 11.4. The first kappa shape index (κ1) is 26.1. The number of rotatable bonds is 13. The summed E-state index contributed by atoms with van der Waals surface area (Å²) in [7, 11) is 0. The summed E-state index contributed by atoms with van der Waals surface area (Å²) in [4.78, 5) is 0. The first-order valence-electron chi connectivity index (χ1n) is 13.4. The van der Waals surface area contributed by atoms with E-state index in [0.29, 0.717) is 31.3 Å². The third-order valence-electron chi connectivity index (χ3n) is 6.61. The van der Waals surface area contributed by atoms with Crippen LogP contribution in [0.4, 0.5) is 0 Å². The Morgan fingerprint density at radius 2 is 0.976 bits per heavy atom. The quantitative estimate of drug-likeness (QED) is 0.194. The van der Waals surface area contributed by atoms with Crippen LogP contribution in [0.15, 0.2) is 134 Å². The molecule has 6 rings (SSSR count). The van der Waals surface area contributed by atoms with Gasteiger partial charge in [-0.15, -0.1) is 0 Å². The van der Waals surface area contributed by atoms with Gasteiger partial charge in [0, 0.05) is 43.2 Å². The van der Waals surface area contributed by atoms with Gasteiger partial charge in [0.25, 0.3) is 5.79 Å². The van der Waals surface area contributed by atoms with Gasteiger partial charge < -0.3 is 14.2 Å². The Balaban J connectivity index is 1.24. The summed E-state index contributed by atoms with van der Waals surface area (Å²) in [5.41, 5.74) is 3.08. The largest absolute Gasteiger partial charge is 0.489 e. The molecule has 0 N–H and O–H groups in total. The maximum Gasteiger partial charge on any atom is 0.273 e. The lowest BCUT2D eigenvalue weighted by molar-refractivity contribution is -0.0175. The molecule has 0 atom stereocenters. The van der Waals surface area contributed by atoms with Gasteiger partial charge >= 0.3 is 0 Å². The van der Waals surface area contributed by atoms with Gasteiger partial charge in [-0.2, -0.15) is 15.3 Å². The third-order valence-corrected chi connectivity index (χ3v) is 6.61. The van der Waals surface area contributed by atoms with Crippen molar-refractivity contribution in [1.29, 1.82) is 0 Å². The highest BCUT2D eigenvalue weighted by Gasteiger charge is 2.39. The van der Waals surface area contributed by atoms with Crippen LogP contribution in [-0.4, -0.2) is 35.9 Å². The Labute approximate surface area is 238 Å². The number of hydrogen-bond donors (Lipinski definition) is 0. The van der Waals surface area contributed by atoms with Crippen molar-refractivity contribution in [2.45, 2.75) is 25.6 Å². The van der Waals surface area contributed by atoms with Gasteiger partial charge in [0.05, 0.1) is 6.61 Å². The van der Waals surface area contributed by atoms with Crippen LogP contribution in [0.2, 0.25) is 0 Å². The molecular weight excluding hydrogens is 516 g/mol. The summed E-state index contributed by atoms with van der Waals surface area (Å²) in [6.07, 6.45) is 10.8. The van der Waals surface area contributed by atoms with E-state index in [1.54, 1.807) is 32.6 Å². The summed E-state index contributed by atoms with van der Waals surface area (Å²) in [5, 5.41) is 13.6. The molecule has 0 aliphatic rings. The summed E-state index contributed by atoms with van der Waals surface area (Å²) in [6.45, 7) is 1.40. The molecule has 0 radical (unpaired) electrons. The topological polar surface area (TPSA) is 81.2 Å². The molecule has 0 amide bonds. The van der Waals surface area contributed by atoms with E-state index in [2.05, 4.69) is 15.3 Å². The second-order valence-corrected chi connectivity index (χ2v) is 9.48. The number of nitrogens with zero attached hydrogens (tertiary/aromatic N) is 6. The minimum atomic E-state index is -0.982. The molecule has 41 heavy (non-hydrogen) atoms. The molecule has 0 bridgehead atoms. The van der Waals surface area contributed by atoms with Gasteiger partial charge in [-0.05, 0) is 47.0 Å². The summed E-state index contributed by atoms with van der Waals surface area (Å²) in [6, 6.07) is 31.6. The molecule has 3 heterocycles. The highest BCUT2D eigenvalue weighted by atomic mass is 16.5. The second-order valence-electron chi connectivity index (χ2n) is 9.48. The maximum atomic E-state index is 6.40. The molecular formula is C32H30N6O3. The van der Waals surface area contributed by atoms with E-state index in [1.165, 1.54) is 0 Å². The minimum Gasteiger partial charge on any atom is -0.489 e. The zero-order chi connectivity index (χ0) is 27.7. The van der Waals surface area contributed by atoms with Crippen LogP contribution < -0.4 is 9.47 Å². The number of hydrogen-bond acceptors (Lipinski definition) is 6. The fourth-order valence-corrected chi connectivity index (χ4v) is 4.62. The van der Waals surface area contributed by atoms with Crippen LogP contribution in [0.1, 0.15) is 16.7 Å². The number of ether oxygens (including phenoxy) is 3. The lowest BCUT2D eigenvalue weighted by Gasteiger charge is -2.34. The van der Waals surface area contributed by atoms with Crippen LogP contribution >= 0.6 is 0 Å². The molecule has 0 aliphatic carbocycles. The van der Waals surface area contributed by atoms with Crippen LogP contribution in [0, 0.1) is 0 Å². The SMILES string of the molecule is c1ccc(COc2cc(COCC(n3cccn3)(n3cccn3)n3cccn3)cc(OCc3ccccc3)c2)cc1. The smallest absolute Gasteiger partial charge is 0.273 e. The van der Waals surface area contributed by atoms with Crippen molar-refractivity contribution in [3.8, 4) is 11.5 Å². The molecule has 206 valence electrons. The monoisotopic (exact) mass is 546 g/mol. The number of aromatic nitrogens is 6. The summed E-state index contributed by atoms with van der Waals surface area (Å²) >= 11 is 0. The van der Waals surface area contributed by atoms with Gasteiger partial charge in [-0.25, -0.2) is 14.0 Å². The molecule has 0 spiro atoms. The molecule has 9 heteroatoms. The Morgan fingerprint density at radius 1 is 0.512 bits per heavy atom. The van der Waals surface area contributed by atoms with E-state index in [4.69, 9.17) is 14.2 Å². The van der Waals surface area contributed by atoms with Crippen molar-refractivity contribution < 1.29 is 14.2 Å². The molecule has 0 aliphatic heterocycles. The van der Waals surface area contributed by atoms with Gasteiger partial charge in [-0.3, -0.25) is 0 Å². The first-order chi connectivity index (χ1) is 20.3. The molecule has 3 aromatic heterocycles. The van der Waals surface area contributed by atoms with Crippen molar-refractivity contribution in [2.24, 2.45) is 0 Å². The average Bonchev–Trinajstić information content (AvgIpc) is 3.83. The zero-order valence-electron chi connectivity index (χ0n) is 22.4. The molecule has 6 aromatic rings. The highest BCUT2D eigenvalue weighted by molar-refractivity contribution is 5.38. The van der Waals surface area contributed by atoms with Gasteiger partial charge in [0.1, 0.15) is 31.3 Å². The fourth-order valence-electron chi connectivity index (χ4n) is 4.62. The van der Waals surface area contributed by atoms with Gasteiger partial charge in [0.15, 0.2) is 0 Å². The van der Waals surface area contributed by atoms with E-state index in [0.717, 1.165) is 16.7 Å². The molecule has 0 unspecified atom stereocenters. The average molecular weight is 547 g/mol. The highest BCUT2D eigenvalue weighted by Crippen LogP contribution is 2.27. The van der Waals surface area contributed by atoms with Gasteiger partial charge in [0.2, 0.25) is 0 Å². The minimum absolute atomic E-state index is 0.202. The van der Waals surface area contributed by atoms with Crippen LogP contribution in [0.5, 0.6) is 11.5 Å². The third kappa shape index (κ3) is 6.05. The second kappa shape index (κ2) is 12.4. The predicted molar refractivity (Wildman–Crippen MR) is 153 cm³/mol. The zero-order valence-corrected chi connectivity index (χ0v) is 22.4. The summed E-state index contributed by atoms with van der Waals surface area (Å²) < 4.78 is 24.1. The molecule has 3 aromatic carbocycles. The lowest BCUT2D eigenvalue weighted by Crippen LogP contribution is -2.52. The Kier molecular flexibility index (Phi) is 7.86. The fraction of sp³-hybridized carbons (Fsp3) is 0.156. The standard InChI is InChI=1S/C32H30N6O3/c1-3-10-27(11-4-1)24-40-30-20-29(21-31(22-30)41-25-28-12-5-2-6-13-28)23-39-26-32(36-17-7-14-33-36,37-18-8-15-34-37)38-19-9-16-35-38/h1-22H,23-26H2. The van der Waals surface area contributed by atoms with Crippen LogP contribution in [0.3, 0.4) is 0 Å². The molecule has 0 saturated heterocycles. The summed E-state index contributed by atoms with van der Waals surface area (Å²) in [5.74, 6) is 0.427. The van der Waals surface area contributed by atoms with E-state index in [1.807, 2.05) is 116 Å². The van der Waals surface area contributed by atoms with Crippen molar-refractivity contribution in [2.75, 3.05) is 6.61 Å². The van der Waals surface area contributed by atoms with Crippen LogP contribution in [0.25, 0.3) is 0 Å². The maximum absolute atomic E-state index is 6.40. The van der Waals surface area contributed by atoms with E-state index >= 15 is 0 Å². The Bertz CT molecular complexity index is 1460. The molecule has 9 nitrogen and oxygen atoms in total. The van der Waals surface area contributed by atoms with Crippen molar-refractivity contribution >= 4 is 0 Å². The van der Waals surface area contributed by atoms with Gasteiger partial charge in [-0.1, -0.05) is 60.7 Å². The first-order valence-corrected chi connectivity index (χ1v) is 13.4. The van der Waals surface area contributed by atoms with Crippen molar-refractivity contribution in [1.82, 2.24) is 29.3 Å². The Hall–Kier alpha value is -5.15. The predicted octanol–water partition coefficient (Wildman–Crippen LogP) is 5.36.